The number of rotatable bonds is 3. The highest BCUT2D eigenvalue weighted by Crippen LogP contribution is 2.15. The molecular formula is C11H13N3O2. The van der Waals surface area contributed by atoms with Gasteiger partial charge in [0, 0.05) is 19.4 Å². The van der Waals surface area contributed by atoms with Gasteiger partial charge in [0.1, 0.15) is 11.8 Å². The Labute approximate surface area is 94.0 Å². The van der Waals surface area contributed by atoms with E-state index in [1.807, 2.05) is 6.07 Å². The second-order valence-corrected chi connectivity index (χ2v) is 3.70. The van der Waals surface area contributed by atoms with Crippen molar-refractivity contribution in [3.8, 4) is 12.1 Å². The first-order valence-electron chi connectivity index (χ1n) is 5.32. The van der Waals surface area contributed by atoms with Gasteiger partial charge in [0.15, 0.2) is 0 Å². The third-order valence-electron chi connectivity index (χ3n) is 2.54. The fraction of sp³-hybridized carbons (Fsp3) is 0.545. The molecule has 0 aromatic carbocycles. The Morgan fingerprint density at radius 1 is 1.50 bits per heavy atom. The van der Waals surface area contributed by atoms with Crippen molar-refractivity contribution < 1.29 is 9.47 Å². The van der Waals surface area contributed by atoms with Gasteiger partial charge in [-0.25, -0.2) is 4.98 Å². The zero-order chi connectivity index (χ0) is 11.2. The molecule has 5 heteroatoms. The van der Waals surface area contributed by atoms with Gasteiger partial charge in [0.2, 0.25) is 0 Å². The zero-order valence-corrected chi connectivity index (χ0v) is 8.93. The number of nitriles is 1. The summed E-state index contributed by atoms with van der Waals surface area (Å²) in [6.45, 7) is 2.19. The van der Waals surface area contributed by atoms with Crippen LogP contribution in [0, 0.1) is 17.2 Å². The molecule has 1 aromatic rings. The van der Waals surface area contributed by atoms with Crippen LogP contribution in [-0.4, -0.2) is 29.8 Å². The summed E-state index contributed by atoms with van der Waals surface area (Å²) in [5.41, 5.74) is 0.331. The van der Waals surface area contributed by atoms with Gasteiger partial charge >= 0.3 is 6.01 Å². The number of nitrogens with zero attached hydrogens (tertiary/aromatic N) is 3. The molecule has 0 N–H and O–H groups in total. The first kappa shape index (κ1) is 10.8. The van der Waals surface area contributed by atoms with E-state index in [1.165, 1.54) is 6.20 Å². The number of ether oxygens (including phenoxy) is 2. The van der Waals surface area contributed by atoms with Crippen molar-refractivity contribution in [2.24, 2.45) is 5.92 Å². The molecule has 16 heavy (non-hydrogen) atoms. The van der Waals surface area contributed by atoms with Crippen LogP contribution in [0.5, 0.6) is 6.01 Å². The van der Waals surface area contributed by atoms with E-state index in [0.29, 0.717) is 18.2 Å². The van der Waals surface area contributed by atoms with Gasteiger partial charge in [-0.15, -0.1) is 0 Å². The van der Waals surface area contributed by atoms with E-state index in [9.17, 15) is 0 Å². The van der Waals surface area contributed by atoms with Gasteiger partial charge in [-0.2, -0.15) is 10.2 Å². The van der Waals surface area contributed by atoms with Crippen LogP contribution in [-0.2, 0) is 4.74 Å². The standard InChI is InChI=1S/C11H13N3O2/c12-7-10-1-4-13-11(14-10)16-8-9-2-5-15-6-3-9/h1,4,9H,2-3,5-6,8H2. The van der Waals surface area contributed by atoms with E-state index in [1.54, 1.807) is 6.07 Å². The monoisotopic (exact) mass is 219 g/mol. The Kier molecular flexibility index (Phi) is 3.67. The van der Waals surface area contributed by atoms with Crippen molar-refractivity contribution in [3.05, 3.63) is 18.0 Å². The molecule has 2 heterocycles. The molecule has 0 saturated carbocycles. The van der Waals surface area contributed by atoms with Crippen molar-refractivity contribution in [2.45, 2.75) is 12.8 Å². The summed E-state index contributed by atoms with van der Waals surface area (Å²) in [4.78, 5) is 7.91. The topological polar surface area (TPSA) is 68.0 Å². The van der Waals surface area contributed by atoms with E-state index >= 15 is 0 Å². The molecule has 0 bridgehead atoms. The third kappa shape index (κ3) is 2.91. The average molecular weight is 219 g/mol. The Hall–Kier alpha value is -1.67. The molecule has 5 nitrogen and oxygen atoms in total. The summed E-state index contributed by atoms with van der Waals surface area (Å²) in [5, 5.41) is 8.67. The molecule has 84 valence electrons. The van der Waals surface area contributed by atoms with E-state index in [4.69, 9.17) is 14.7 Å². The Morgan fingerprint density at radius 3 is 3.06 bits per heavy atom. The molecule has 1 aliphatic heterocycles. The molecule has 0 amide bonds. The summed E-state index contributed by atoms with van der Waals surface area (Å²) in [6.07, 6.45) is 3.56. The fourth-order valence-corrected chi connectivity index (χ4v) is 1.58. The van der Waals surface area contributed by atoms with Crippen molar-refractivity contribution in [1.29, 1.82) is 5.26 Å². The van der Waals surface area contributed by atoms with E-state index in [-0.39, 0.29) is 6.01 Å². The van der Waals surface area contributed by atoms with Crippen LogP contribution in [0.15, 0.2) is 12.3 Å². The number of hydrogen-bond acceptors (Lipinski definition) is 5. The second kappa shape index (κ2) is 5.42. The SMILES string of the molecule is N#Cc1ccnc(OCC2CCOCC2)n1. The maximum absolute atomic E-state index is 8.67. The van der Waals surface area contributed by atoms with Crippen molar-refractivity contribution in [1.82, 2.24) is 9.97 Å². The van der Waals surface area contributed by atoms with Gasteiger partial charge in [0.05, 0.1) is 6.61 Å². The lowest BCUT2D eigenvalue weighted by Crippen LogP contribution is -2.21. The average Bonchev–Trinajstić information content (AvgIpc) is 2.38. The van der Waals surface area contributed by atoms with Crippen LogP contribution < -0.4 is 4.74 Å². The van der Waals surface area contributed by atoms with Crippen molar-refractivity contribution >= 4 is 0 Å². The molecule has 2 rings (SSSR count). The summed E-state index contributed by atoms with van der Waals surface area (Å²) in [7, 11) is 0. The lowest BCUT2D eigenvalue weighted by atomic mass is 10.0. The van der Waals surface area contributed by atoms with Crippen molar-refractivity contribution in [3.63, 3.8) is 0 Å². The molecular weight excluding hydrogens is 206 g/mol. The van der Waals surface area contributed by atoms with Gasteiger partial charge < -0.3 is 9.47 Å². The van der Waals surface area contributed by atoms with Crippen LogP contribution in [0.1, 0.15) is 18.5 Å². The highest BCUT2D eigenvalue weighted by Gasteiger charge is 2.14. The summed E-state index contributed by atoms with van der Waals surface area (Å²) in [5.74, 6) is 0.503. The highest BCUT2D eigenvalue weighted by molar-refractivity contribution is 5.19. The largest absolute Gasteiger partial charge is 0.463 e. The Bertz CT molecular complexity index is 383. The van der Waals surface area contributed by atoms with Crippen LogP contribution in [0.2, 0.25) is 0 Å². The third-order valence-corrected chi connectivity index (χ3v) is 2.54. The van der Waals surface area contributed by atoms with Gasteiger partial charge in [0.25, 0.3) is 0 Å². The van der Waals surface area contributed by atoms with E-state index in [2.05, 4.69) is 9.97 Å². The molecule has 0 radical (unpaired) electrons. The van der Waals surface area contributed by atoms with Crippen LogP contribution >= 0.6 is 0 Å². The fourth-order valence-electron chi connectivity index (χ4n) is 1.58. The van der Waals surface area contributed by atoms with Crippen LogP contribution in [0.25, 0.3) is 0 Å². The van der Waals surface area contributed by atoms with Gasteiger partial charge in [-0.05, 0) is 24.8 Å². The second-order valence-electron chi connectivity index (χ2n) is 3.70. The highest BCUT2D eigenvalue weighted by atomic mass is 16.5. The smallest absolute Gasteiger partial charge is 0.317 e. The van der Waals surface area contributed by atoms with E-state index < -0.39 is 0 Å². The Morgan fingerprint density at radius 2 is 2.31 bits per heavy atom. The summed E-state index contributed by atoms with van der Waals surface area (Å²) >= 11 is 0. The molecule has 1 saturated heterocycles. The maximum Gasteiger partial charge on any atom is 0.317 e. The molecule has 1 aliphatic rings. The number of hydrogen-bond donors (Lipinski definition) is 0. The molecule has 1 fully saturated rings. The number of aromatic nitrogens is 2. The predicted octanol–water partition coefficient (Wildman–Crippen LogP) is 1.15. The zero-order valence-electron chi connectivity index (χ0n) is 8.93. The van der Waals surface area contributed by atoms with Crippen LogP contribution in [0.3, 0.4) is 0 Å². The Balaban J connectivity index is 1.86. The lowest BCUT2D eigenvalue weighted by molar-refractivity contribution is 0.0482. The minimum atomic E-state index is 0.283. The first-order chi connectivity index (χ1) is 7.88. The van der Waals surface area contributed by atoms with Gasteiger partial charge in [-0.3, -0.25) is 0 Å². The van der Waals surface area contributed by atoms with Crippen LogP contribution in [0.4, 0.5) is 0 Å². The lowest BCUT2D eigenvalue weighted by Gasteiger charge is -2.21. The normalized spacial score (nSPS) is 16.7. The van der Waals surface area contributed by atoms with Crippen molar-refractivity contribution in [2.75, 3.05) is 19.8 Å². The maximum atomic E-state index is 8.67. The minimum Gasteiger partial charge on any atom is -0.463 e. The van der Waals surface area contributed by atoms with Gasteiger partial charge in [-0.1, -0.05) is 0 Å². The minimum absolute atomic E-state index is 0.283. The predicted molar refractivity (Wildman–Crippen MR) is 55.8 cm³/mol. The molecule has 0 spiro atoms. The molecule has 0 unspecified atom stereocenters. The molecule has 1 aromatic heterocycles. The van der Waals surface area contributed by atoms with E-state index in [0.717, 1.165) is 26.1 Å². The molecule has 0 atom stereocenters. The quantitative estimate of drug-likeness (QED) is 0.762. The first-order valence-corrected chi connectivity index (χ1v) is 5.32. The summed E-state index contributed by atoms with van der Waals surface area (Å²) in [6, 6.07) is 3.79. The summed E-state index contributed by atoms with van der Waals surface area (Å²) < 4.78 is 10.7. The molecule has 0 aliphatic carbocycles.